The molecule has 3 aromatic rings. The topological polar surface area (TPSA) is 93.9 Å². The molecule has 0 bridgehead atoms. The van der Waals surface area contributed by atoms with Gasteiger partial charge < -0.3 is 15.1 Å². The van der Waals surface area contributed by atoms with E-state index in [9.17, 15) is 0 Å². The molecule has 1 aliphatic heterocycles. The number of fused-ring (bicyclic) bond motifs is 1. The summed E-state index contributed by atoms with van der Waals surface area (Å²) in [6.07, 6.45) is 5.40. The van der Waals surface area contributed by atoms with Crippen LogP contribution in [0.25, 0.3) is 11.0 Å². The second kappa shape index (κ2) is 7.74. The molecule has 1 saturated heterocycles. The molecular weight excluding hydrogens is 352 g/mol. The normalized spacial score (nSPS) is 15.3. The Bertz CT molecular complexity index is 1020. The number of likely N-dealkylation sites (tertiary alicyclic amines) is 1. The smallest absolute Gasteiger partial charge is 0.226 e. The molecule has 0 spiro atoms. The minimum absolute atomic E-state index is 0.419. The molecule has 1 N–H and O–H groups in total. The molecule has 0 radical (unpaired) electrons. The monoisotopic (exact) mass is 374 g/mol. The Balaban J connectivity index is 1.64. The summed E-state index contributed by atoms with van der Waals surface area (Å²) in [6, 6.07) is 9.83. The lowest BCUT2D eigenvalue weighted by Crippen LogP contribution is -2.42. The zero-order chi connectivity index (χ0) is 19.5. The first-order chi connectivity index (χ1) is 13.6. The highest BCUT2D eigenvalue weighted by Gasteiger charge is 2.23. The molecule has 1 fully saturated rings. The van der Waals surface area contributed by atoms with Crippen LogP contribution in [0.3, 0.4) is 0 Å². The number of benzene rings is 1. The highest BCUT2D eigenvalue weighted by Crippen LogP contribution is 2.25. The molecule has 0 amide bonds. The molecule has 0 atom stereocenters. The van der Waals surface area contributed by atoms with Gasteiger partial charge in [0, 0.05) is 18.8 Å². The van der Waals surface area contributed by atoms with Crippen molar-refractivity contribution in [1.82, 2.24) is 24.8 Å². The van der Waals surface area contributed by atoms with Crippen molar-refractivity contribution >= 4 is 28.5 Å². The van der Waals surface area contributed by atoms with Gasteiger partial charge in [-0.1, -0.05) is 6.07 Å². The molecule has 3 heterocycles. The van der Waals surface area contributed by atoms with Gasteiger partial charge in [-0.3, -0.25) is 0 Å². The predicted molar refractivity (Wildman–Crippen MR) is 108 cm³/mol. The maximum atomic E-state index is 9.11. The zero-order valence-electron chi connectivity index (χ0n) is 16.0. The fraction of sp³-hybridized carbons (Fsp3) is 0.350. The van der Waals surface area contributed by atoms with Gasteiger partial charge in [0.25, 0.3) is 0 Å². The van der Waals surface area contributed by atoms with Gasteiger partial charge in [-0.25, -0.2) is 19.9 Å². The molecule has 1 aliphatic rings. The van der Waals surface area contributed by atoms with Crippen LogP contribution < -0.4 is 10.2 Å². The second-order valence-corrected chi connectivity index (χ2v) is 7.09. The maximum Gasteiger partial charge on any atom is 0.226 e. The number of piperidine rings is 1. The van der Waals surface area contributed by atoms with Gasteiger partial charge in [0.2, 0.25) is 5.95 Å². The van der Waals surface area contributed by atoms with Crippen LogP contribution in [0.5, 0.6) is 0 Å². The minimum atomic E-state index is 0.419. The fourth-order valence-electron chi connectivity index (χ4n) is 3.46. The third-order valence-electron chi connectivity index (χ3n) is 5.17. The number of hydrogen-bond acceptors (Lipinski definition) is 8. The molecular formula is C20H22N8. The quantitative estimate of drug-likeness (QED) is 0.745. The Kier molecular flexibility index (Phi) is 5.00. The van der Waals surface area contributed by atoms with Crippen molar-refractivity contribution < 1.29 is 0 Å². The number of nitrogens with one attached hydrogen (secondary N) is 1. The predicted octanol–water partition coefficient (Wildman–Crippen LogP) is 2.57. The second-order valence-electron chi connectivity index (χ2n) is 7.09. The van der Waals surface area contributed by atoms with E-state index in [-0.39, 0.29) is 0 Å². The summed E-state index contributed by atoms with van der Waals surface area (Å²) in [7, 11) is 4.20. The van der Waals surface area contributed by atoms with Crippen LogP contribution in [-0.4, -0.2) is 58.1 Å². The van der Waals surface area contributed by atoms with Crippen molar-refractivity contribution in [3.05, 3.63) is 42.4 Å². The molecule has 1 aromatic carbocycles. The van der Waals surface area contributed by atoms with E-state index in [4.69, 9.17) is 10.2 Å². The molecule has 0 aliphatic carbocycles. The Hall–Kier alpha value is -3.31. The van der Waals surface area contributed by atoms with Crippen LogP contribution >= 0.6 is 0 Å². The summed E-state index contributed by atoms with van der Waals surface area (Å²) in [5, 5.41) is 12.4. The van der Waals surface area contributed by atoms with Gasteiger partial charge >= 0.3 is 0 Å². The SMILES string of the molecule is CN1CCC(N(C)c2ncc3ncnc(Nc4cccc(C#N)c4)c3n2)CC1. The lowest BCUT2D eigenvalue weighted by atomic mass is 10.0. The molecule has 2 aromatic heterocycles. The summed E-state index contributed by atoms with van der Waals surface area (Å²) >= 11 is 0. The van der Waals surface area contributed by atoms with Crippen LogP contribution in [0, 0.1) is 11.3 Å². The van der Waals surface area contributed by atoms with Crippen molar-refractivity contribution in [2.45, 2.75) is 18.9 Å². The summed E-state index contributed by atoms with van der Waals surface area (Å²) in [5.74, 6) is 1.27. The van der Waals surface area contributed by atoms with Gasteiger partial charge in [-0.15, -0.1) is 0 Å². The van der Waals surface area contributed by atoms with E-state index in [1.54, 1.807) is 18.3 Å². The first-order valence-corrected chi connectivity index (χ1v) is 9.30. The van der Waals surface area contributed by atoms with Crippen LogP contribution in [0.15, 0.2) is 36.8 Å². The number of hydrogen-bond donors (Lipinski definition) is 1. The van der Waals surface area contributed by atoms with Gasteiger partial charge in [-0.2, -0.15) is 5.26 Å². The minimum Gasteiger partial charge on any atom is -0.341 e. The third-order valence-corrected chi connectivity index (χ3v) is 5.17. The van der Waals surface area contributed by atoms with Crippen molar-refractivity contribution in [2.24, 2.45) is 0 Å². The highest BCUT2D eigenvalue weighted by atomic mass is 15.3. The first kappa shape index (κ1) is 18.1. The summed E-state index contributed by atoms with van der Waals surface area (Å²) in [5.41, 5.74) is 2.70. The van der Waals surface area contributed by atoms with Crippen LogP contribution in [0.1, 0.15) is 18.4 Å². The average Bonchev–Trinajstić information content (AvgIpc) is 2.74. The molecule has 142 valence electrons. The first-order valence-electron chi connectivity index (χ1n) is 9.30. The molecule has 8 nitrogen and oxygen atoms in total. The van der Waals surface area contributed by atoms with Gasteiger partial charge in [0.1, 0.15) is 17.4 Å². The zero-order valence-corrected chi connectivity index (χ0v) is 16.0. The van der Waals surface area contributed by atoms with Crippen molar-refractivity contribution in [3.63, 3.8) is 0 Å². The van der Waals surface area contributed by atoms with E-state index in [2.05, 4.69) is 43.2 Å². The highest BCUT2D eigenvalue weighted by molar-refractivity contribution is 5.87. The van der Waals surface area contributed by atoms with Gasteiger partial charge in [-0.05, 0) is 51.2 Å². The fourth-order valence-corrected chi connectivity index (χ4v) is 3.46. The van der Waals surface area contributed by atoms with E-state index < -0.39 is 0 Å². The van der Waals surface area contributed by atoms with Crippen molar-refractivity contribution in [2.75, 3.05) is 37.4 Å². The van der Waals surface area contributed by atoms with Gasteiger partial charge in [0.15, 0.2) is 5.82 Å². The van der Waals surface area contributed by atoms with Crippen LogP contribution in [0.4, 0.5) is 17.5 Å². The Morgan fingerprint density at radius 1 is 1.21 bits per heavy atom. The number of nitrogens with zero attached hydrogens (tertiary/aromatic N) is 7. The van der Waals surface area contributed by atoms with E-state index in [1.165, 1.54) is 6.33 Å². The van der Waals surface area contributed by atoms with E-state index in [1.807, 2.05) is 19.2 Å². The summed E-state index contributed by atoms with van der Waals surface area (Å²) in [4.78, 5) is 22.4. The van der Waals surface area contributed by atoms with Gasteiger partial charge in [0.05, 0.1) is 17.8 Å². The number of rotatable bonds is 4. The molecule has 0 unspecified atom stereocenters. The molecule has 8 heteroatoms. The van der Waals surface area contributed by atoms with E-state index in [0.29, 0.717) is 34.4 Å². The maximum absolute atomic E-state index is 9.11. The Labute approximate surface area is 163 Å². The lowest BCUT2D eigenvalue weighted by Gasteiger charge is -2.35. The molecule has 28 heavy (non-hydrogen) atoms. The standard InChI is InChI=1S/C20H22N8/c1-27-8-6-16(7-9-27)28(2)20-22-12-17-18(26-20)19(24-13-23-17)25-15-5-3-4-14(10-15)11-21/h3-5,10,12-13,16H,6-9H2,1-2H3,(H,23,24,25). The Morgan fingerprint density at radius 2 is 2.04 bits per heavy atom. The summed E-state index contributed by atoms with van der Waals surface area (Å²) in [6.45, 7) is 2.15. The van der Waals surface area contributed by atoms with E-state index in [0.717, 1.165) is 31.6 Å². The lowest BCUT2D eigenvalue weighted by molar-refractivity contribution is 0.252. The third kappa shape index (κ3) is 3.70. The number of aromatic nitrogens is 4. The average molecular weight is 374 g/mol. The summed E-state index contributed by atoms with van der Waals surface area (Å²) < 4.78 is 0. The van der Waals surface area contributed by atoms with Crippen LogP contribution in [0.2, 0.25) is 0 Å². The Morgan fingerprint density at radius 3 is 2.82 bits per heavy atom. The van der Waals surface area contributed by atoms with Crippen molar-refractivity contribution in [3.8, 4) is 6.07 Å². The molecule has 4 rings (SSSR count). The number of nitriles is 1. The van der Waals surface area contributed by atoms with Crippen LogP contribution in [-0.2, 0) is 0 Å². The van der Waals surface area contributed by atoms with Crippen molar-refractivity contribution in [1.29, 1.82) is 5.26 Å². The largest absolute Gasteiger partial charge is 0.341 e. The van der Waals surface area contributed by atoms with E-state index >= 15 is 0 Å². The number of anilines is 3. The molecule has 0 saturated carbocycles.